The zero-order chi connectivity index (χ0) is 30.4. The van der Waals surface area contributed by atoms with E-state index in [-0.39, 0.29) is 6.54 Å². The first-order chi connectivity index (χ1) is 20.2. The van der Waals surface area contributed by atoms with Crippen molar-refractivity contribution >= 4 is 35.4 Å². The Labute approximate surface area is 269 Å². The minimum atomic E-state index is -1.15. The number of aromatic nitrogens is 3. The Hall–Kier alpha value is -0.960. The fourth-order valence-electron chi connectivity index (χ4n) is 6.00. The van der Waals surface area contributed by atoms with E-state index in [9.17, 15) is 5.11 Å². The Morgan fingerprint density at radius 2 is 1.57 bits per heavy atom. The number of nitrogens with zero attached hydrogens (tertiary/aromatic N) is 3. The molecule has 0 spiro atoms. The number of rotatable bonds is 17. The topological polar surface area (TPSA) is 66.3 Å². The number of ether oxygens (including phenoxy) is 1. The highest BCUT2D eigenvalue weighted by Gasteiger charge is 2.58. The molecule has 6 nitrogen and oxygen atoms in total. The maximum absolute atomic E-state index is 11.2. The number of nitrogens with one attached hydrogen (secondary N) is 1. The molecule has 2 heterocycles. The fourth-order valence-corrected chi connectivity index (χ4v) is 6.58. The molecule has 0 amide bonds. The van der Waals surface area contributed by atoms with Crippen LogP contribution in [-0.2, 0) is 17.7 Å². The number of H-pyrrole nitrogens is 1. The van der Waals surface area contributed by atoms with Crippen LogP contribution in [0.5, 0.6) is 0 Å². The van der Waals surface area contributed by atoms with Gasteiger partial charge in [0.25, 0.3) is 0 Å². The van der Waals surface area contributed by atoms with E-state index in [2.05, 4.69) is 35.8 Å². The van der Waals surface area contributed by atoms with Gasteiger partial charge in [0.1, 0.15) is 11.9 Å². The van der Waals surface area contributed by atoms with Crippen molar-refractivity contribution in [2.75, 3.05) is 19.6 Å². The van der Waals surface area contributed by atoms with Crippen molar-refractivity contribution in [3.05, 3.63) is 45.9 Å². The van der Waals surface area contributed by atoms with Crippen molar-refractivity contribution in [2.45, 2.75) is 140 Å². The molecule has 1 aromatic heterocycles. The van der Waals surface area contributed by atoms with E-state index < -0.39 is 10.5 Å². The minimum Gasteiger partial charge on any atom is -0.386 e. The van der Waals surface area contributed by atoms with Crippen molar-refractivity contribution < 1.29 is 9.84 Å². The molecule has 3 unspecified atom stereocenters. The largest absolute Gasteiger partial charge is 0.386 e. The van der Waals surface area contributed by atoms with E-state index in [1.54, 1.807) is 4.68 Å². The first-order valence-electron chi connectivity index (χ1n) is 16.3. The van der Waals surface area contributed by atoms with Gasteiger partial charge in [0.05, 0.1) is 23.6 Å². The normalized spacial score (nSPS) is 21.4. The first kappa shape index (κ1) is 35.5. The van der Waals surface area contributed by atoms with Crippen LogP contribution in [0.3, 0.4) is 0 Å². The summed E-state index contributed by atoms with van der Waals surface area (Å²) < 4.78 is 7.81. The maximum atomic E-state index is 11.2. The SMILES string of the molecule is CCCCCCCCCCCCCN1CC(C)OC(C)C1.OC(Cc1ccccc1Cl)(Cn1nc[nH]c1=S)C1(Cl)CC1. The van der Waals surface area contributed by atoms with Crippen molar-refractivity contribution in [2.24, 2.45) is 0 Å². The van der Waals surface area contributed by atoms with Crippen LogP contribution >= 0.6 is 35.4 Å². The zero-order valence-corrected chi connectivity index (χ0v) is 28.5. The van der Waals surface area contributed by atoms with E-state index in [4.69, 9.17) is 40.2 Å². The Kier molecular flexibility index (Phi) is 15.3. The maximum Gasteiger partial charge on any atom is 0.195 e. The van der Waals surface area contributed by atoms with Crippen molar-refractivity contribution in [1.82, 2.24) is 19.7 Å². The molecule has 0 bridgehead atoms. The van der Waals surface area contributed by atoms with Gasteiger partial charge in [-0.1, -0.05) is 101 Å². The monoisotopic (exact) mass is 640 g/mol. The Balaban J connectivity index is 0.000000230. The highest BCUT2D eigenvalue weighted by molar-refractivity contribution is 7.71. The highest BCUT2D eigenvalue weighted by Crippen LogP contribution is 2.53. The van der Waals surface area contributed by atoms with Gasteiger partial charge in [0.2, 0.25) is 0 Å². The molecule has 4 rings (SSSR count). The molecule has 1 aliphatic carbocycles. The molecule has 2 aliphatic rings. The van der Waals surface area contributed by atoms with Crippen LogP contribution in [0.4, 0.5) is 0 Å². The number of unbranched alkanes of at least 4 members (excludes halogenated alkanes) is 10. The molecule has 238 valence electrons. The summed E-state index contributed by atoms with van der Waals surface area (Å²) in [6.07, 6.45) is 20.0. The summed E-state index contributed by atoms with van der Waals surface area (Å²) in [6.45, 7) is 10.5. The molecule has 1 aliphatic heterocycles. The number of halogens is 2. The lowest BCUT2D eigenvalue weighted by Crippen LogP contribution is -2.47. The van der Waals surface area contributed by atoms with Gasteiger partial charge >= 0.3 is 0 Å². The van der Waals surface area contributed by atoms with Gasteiger partial charge in [-0.15, -0.1) is 11.6 Å². The van der Waals surface area contributed by atoms with E-state index in [1.807, 2.05) is 24.3 Å². The van der Waals surface area contributed by atoms with E-state index in [1.165, 1.54) is 83.5 Å². The smallest absolute Gasteiger partial charge is 0.195 e. The van der Waals surface area contributed by atoms with Crippen molar-refractivity contribution in [3.8, 4) is 0 Å². The molecule has 2 N–H and O–H groups in total. The fraction of sp³-hybridized carbons (Fsp3) is 0.758. The van der Waals surface area contributed by atoms with E-state index >= 15 is 0 Å². The molecule has 1 aromatic carbocycles. The standard InChI is InChI=1S/C19H39NO.C14H15Cl2N3OS/c1-4-5-6-7-8-9-10-11-12-13-14-15-20-16-18(2)21-19(3)17-20;15-11-4-2-1-3-10(11)7-14(20,13(16)5-6-13)8-19-12(21)17-9-18-19/h18-19H,4-17H2,1-3H3;1-4,9,20H,5-8H2,(H,17,18,21). The summed E-state index contributed by atoms with van der Waals surface area (Å²) in [5.74, 6) is 0. The predicted molar refractivity (Wildman–Crippen MR) is 178 cm³/mol. The molecule has 0 radical (unpaired) electrons. The molecule has 9 heteroatoms. The summed E-state index contributed by atoms with van der Waals surface area (Å²) in [7, 11) is 0. The van der Waals surface area contributed by atoms with Gasteiger partial charge in [-0.25, -0.2) is 4.68 Å². The van der Waals surface area contributed by atoms with Gasteiger partial charge in [0.15, 0.2) is 4.77 Å². The molecule has 2 fully saturated rings. The van der Waals surface area contributed by atoms with Crippen LogP contribution < -0.4 is 0 Å². The van der Waals surface area contributed by atoms with Crippen molar-refractivity contribution in [3.63, 3.8) is 0 Å². The number of benzene rings is 1. The molecular weight excluding hydrogens is 587 g/mol. The summed E-state index contributed by atoms with van der Waals surface area (Å²) in [5, 5.41) is 15.9. The average molecular weight is 642 g/mol. The van der Waals surface area contributed by atoms with E-state index in [0.29, 0.717) is 28.4 Å². The Morgan fingerprint density at radius 1 is 1.00 bits per heavy atom. The second-order valence-corrected chi connectivity index (χ2v) is 14.1. The van der Waals surface area contributed by atoms with Crippen LogP contribution in [0.1, 0.15) is 110 Å². The molecule has 42 heavy (non-hydrogen) atoms. The second kappa shape index (κ2) is 18.1. The number of hydrogen-bond donors (Lipinski definition) is 2. The quantitative estimate of drug-likeness (QED) is 0.103. The summed E-state index contributed by atoms with van der Waals surface area (Å²) in [6, 6.07) is 7.48. The van der Waals surface area contributed by atoms with Gasteiger partial charge in [-0.3, -0.25) is 4.90 Å². The zero-order valence-electron chi connectivity index (χ0n) is 26.1. The Bertz CT molecular complexity index is 1080. The third-order valence-corrected chi connectivity index (χ3v) is 9.99. The van der Waals surface area contributed by atoms with Crippen molar-refractivity contribution in [1.29, 1.82) is 0 Å². The molecular formula is C33H54Cl2N4O2S. The van der Waals surface area contributed by atoms with Gasteiger partial charge in [-0.2, -0.15) is 5.10 Å². The van der Waals surface area contributed by atoms with Crippen LogP contribution in [0.2, 0.25) is 5.02 Å². The van der Waals surface area contributed by atoms with Gasteiger partial charge < -0.3 is 14.8 Å². The predicted octanol–water partition coefficient (Wildman–Crippen LogP) is 8.75. The number of hydrogen-bond acceptors (Lipinski definition) is 5. The van der Waals surface area contributed by atoms with Gasteiger partial charge in [0, 0.05) is 24.5 Å². The lowest BCUT2D eigenvalue weighted by molar-refractivity contribution is -0.0681. The molecule has 1 saturated carbocycles. The lowest BCUT2D eigenvalue weighted by Gasteiger charge is -2.35. The third kappa shape index (κ3) is 11.9. The minimum absolute atomic E-state index is 0.240. The highest BCUT2D eigenvalue weighted by atomic mass is 35.5. The number of morpholine rings is 1. The first-order valence-corrected chi connectivity index (χ1v) is 17.5. The summed E-state index contributed by atoms with van der Waals surface area (Å²) in [4.78, 5) is 4.78. The lowest BCUT2D eigenvalue weighted by atomic mass is 9.89. The Morgan fingerprint density at radius 3 is 2.10 bits per heavy atom. The average Bonchev–Trinajstić information content (AvgIpc) is 3.59. The number of aromatic amines is 1. The van der Waals surface area contributed by atoms with Crippen LogP contribution in [-0.4, -0.2) is 67.1 Å². The second-order valence-electron chi connectivity index (χ2n) is 12.6. The number of alkyl halides is 1. The van der Waals surface area contributed by atoms with Crippen LogP contribution in [0.25, 0.3) is 0 Å². The van der Waals surface area contributed by atoms with Gasteiger partial charge in [-0.05, 0) is 63.5 Å². The molecule has 3 atom stereocenters. The van der Waals surface area contributed by atoms with Crippen LogP contribution in [0.15, 0.2) is 30.6 Å². The molecule has 2 aromatic rings. The third-order valence-electron chi connectivity index (χ3n) is 8.57. The summed E-state index contributed by atoms with van der Waals surface area (Å²) >= 11 is 17.9. The number of aliphatic hydroxyl groups is 1. The van der Waals surface area contributed by atoms with E-state index in [0.717, 1.165) is 31.5 Å². The summed E-state index contributed by atoms with van der Waals surface area (Å²) in [5.41, 5.74) is -0.275. The molecule has 1 saturated heterocycles. The van der Waals surface area contributed by atoms with Crippen LogP contribution in [0, 0.1) is 4.77 Å².